The van der Waals surface area contributed by atoms with Crippen molar-refractivity contribution in [3.8, 4) is 0 Å². The third-order valence-electron chi connectivity index (χ3n) is 2.36. The lowest BCUT2D eigenvalue weighted by molar-refractivity contribution is 0.180. The van der Waals surface area contributed by atoms with Crippen LogP contribution in [0.2, 0.25) is 0 Å². The van der Waals surface area contributed by atoms with Crippen LogP contribution in [0.25, 0.3) is 0 Å². The van der Waals surface area contributed by atoms with Crippen LogP contribution in [0.5, 0.6) is 0 Å². The molecule has 4 heteroatoms. The van der Waals surface area contributed by atoms with Crippen molar-refractivity contribution in [2.75, 3.05) is 0 Å². The topological polar surface area (TPSA) is 46.0 Å². The summed E-state index contributed by atoms with van der Waals surface area (Å²) in [6, 6.07) is 0. The molecule has 0 aliphatic rings. The van der Waals surface area contributed by atoms with Gasteiger partial charge in [0.15, 0.2) is 0 Å². The Morgan fingerprint density at radius 3 is 2.87 bits per heavy atom. The first kappa shape index (κ1) is 12.3. The molecule has 1 aromatic heterocycles. The lowest BCUT2D eigenvalue weighted by Gasteiger charge is -2.10. The van der Waals surface area contributed by atoms with Crippen LogP contribution < -0.4 is 0 Å². The van der Waals surface area contributed by atoms with Gasteiger partial charge in [0.1, 0.15) is 0 Å². The van der Waals surface area contributed by atoms with Gasteiger partial charge in [-0.05, 0) is 30.8 Å². The van der Waals surface area contributed by atoms with Gasteiger partial charge in [0.25, 0.3) is 0 Å². The highest BCUT2D eigenvalue weighted by Gasteiger charge is 2.16. The van der Waals surface area contributed by atoms with Gasteiger partial charge in [-0.1, -0.05) is 36.9 Å². The minimum absolute atomic E-state index is 0.473. The zero-order valence-corrected chi connectivity index (χ0v) is 10.2. The molecule has 0 radical (unpaired) electrons. The van der Waals surface area contributed by atoms with Gasteiger partial charge in [-0.3, -0.25) is 0 Å². The zero-order chi connectivity index (χ0) is 11.3. The summed E-state index contributed by atoms with van der Waals surface area (Å²) in [4.78, 5) is 0.909. The molecule has 0 amide bonds. The largest absolute Gasteiger partial charge is 0.387 e. The van der Waals surface area contributed by atoms with Gasteiger partial charge >= 0.3 is 0 Å². The lowest BCUT2D eigenvalue weighted by atomic mass is 10.0. The summed E-state index contributed by atoms with van der Waals surface area (Å²) >= 11 is 1.30. The van der Waals surface area contributed by atoms with Gasteiger partial charge in [-0.15, -0.1) is 5.10 Å². The van der Waals surface area contributed by atoms with E-state index in [2.05, 4.69) is 23.1 Å². The Bertz CT molecular complexity index is 322. The first-order valence-electron chi connectivity index (χ1n) is 5.34. The number of aliphatic hydroxyl groups excluding tert-OH is 1. The summed E-state index contributed by atoms with van der Waals surface area (Å²) in [5, 5.41) is 14.0. The Morgan fingerprint density at radius 1 is 1.53 bits per heavy atom. The van der Waals surface area contributed by atoms with Crippen LogP contribution in [-0.4, -0.2) is 14.7 Å². The third kappa shape index (κ3) is 3.39. The monoisotopic (exact) mass is 226 g/mol. The number of hydrogen-bond donors (Lipinski definition) is 1. The molecular weight excluding hydrogens is 208 g/mol. The molecule has 0 aromatic carbocycles. The highest BCUT2D eigenvalue weighted by molar-refractivity contribution is 7.05. The molecule has 1 unspecified atom stereocenters. The maximum Gasteiger partial charge on any atom is 0.0953 e. The molecule has 1 rings (SSSR count). The van der Waals surface area contributed by atoms with E-state index in [-0.39, 0.29) is 0 Å². The number of aliphatic hydroxyl groups is 1. The summed E-state index contributed by atoms with van der Waals surface area (Å²) in [6.07, 6.45) is 2.98. The van der Waals surface area contributed by atoms with E-state index in [9.17, 15) is 5.11 Å². The number of nitrogens with zero attached hydrogens (tertiary/aromatic N) is 2. The predicted molar refractivity (Wildman–Crippen MR) is 62.9 cm³/mol. The molecule has 3 nitrogen and oxygen atoms in total. The second kappa shape index (κ2) is 5.98. The molecule has 0 saturated heterocycles. The summed E-state index contributed by atoms with van der Waals surface area (Å²) in [5.74, 6) is 0. The van der Waals surface area contributed by atoms with E-state index in [1.54, 1.807) is 0 Å². The maximum atomic E-state index is 9.99. The standard InChI is InChI=1S/C11H18N2OS/c1-4-6-9-11(15-13-12-9)10(14)7-8(3)5-2/h10,14H,3-7H2,1-2H3. The van der Waals surface area contributed by atoms with E-state index in [0.29, 0.717) is 6.42 Å². The molecule has 0 saturated carbocycles. The van der Waals surface area contributed by atoms with E-state index in [1.165, 1.54) is 11.5 Å². The van der Waals surface area contributed by atoms with E-state index < -0.39 is 6.10 Å². The van der Waals surface area contributed by atoms with Gasteiger partial charge in [-0.25, -0.2) is 0 Å². The maximum absolute atomic E-state index is 9.99. The summed E-state index contributed by atoms with van der Waals surface area (Å²) in [6.45, 7) is 8.05. The molecule has 0 spiro atoms. The van der Waals surface area contributed by atoms with Gasteiger partial charge in [0.05, 0.1) is 16.7 Å². The van der Waals surface area contributed by atoms with Crippen molar-refractivity contribution in [2.24, 2.45) is 0 Å². The molecule has 1 heterocycles. The van der Waals surface area contributed by atoms with Crippen LogP contribution in [0.3, 0.4) is 0 Å². The van der Waals surface area contributed by atoms with E-state index in [4.69, 9.17) is 0 Å². The van der Waals surface area contributed by atoms with Gasteiger partial charge in [0, 0.05) is 0 Å². The van der Waals surface area contributed by atoms with Crippen LogP contribution >= 0.6 is 11.5 Å². The van der Waals surface area contributed by atoms with Crippen molar-refractivity contribution >= 4 is 11.5 Å². The minimum Gasteiger partial charge on any atom is -0.387 e. The van der Waals surface area contributed by atoms with Crippen molar-refractivity contribution in [3.05, 3.63) is 22.7 Å². The first-order valence-corrected chi connectivity index (χ1v) is 6.12. The lowest BCUT2D eigenvalue weighted by Crippen LogP contribution is -2.00. The molecule has 0 fully saturated rings. The Labute approximate surface area is 95.0 Å². The summed E-state index contributed by atoms with van der Waals surface area (Å²) in [5.41, 5.74) is 2.01. The Morgan fingerprint density at radius 2 is 2.27 bits per heavy atom. The molecule has 0 bridgehead atoms. The second-order valence-electron chi connectivity index (χ2n) is 3.66. The van der Waals surface area contributed by atoms with E-state index in [0.717, 1.165) is 35.4 Å². The first-order chi connectivity index (χ1) is 7.19. The predicted octanol–water partition coefficient (Wildman–Crippen LogP) is 2.88. The summed E-state index contributed by atoms with van der Waals surface area (Å²) in [7, 11) is 0. The van der Waals surface area contributed by atoms with E-state index in [1.807, 2.05) is 6.92 Å². The van der Waals surface area contributed by atoms with Crippen molar-refractivity contribution in [1.82, 2.24) is 9.59 Å². The minimum atomic E-state index is -0.473. The third-order valence-corrected chi connectivity index (χ3v) is 3.22. The molecule has 1 atom stereocenters. The normalized spacial score (nSPS) is 12.7. The number of aryl methyl sites for hydroxylation is 1. The average Bonchev–Trinajstić information content (AvgIpc) is 2.66. The molecular formula is C11H18N2OS. The molecule has 84 valence electrons. The highest BCUT2D eigenvalue weighted by atomic mass is 32.1. The fourth-order valence-corrected chi connectivity index (χ4v) is 2.07. The highest BCUT2D eigenvalue weighted by Crippen LogP contribution is 2.27. The van der Waals surface area contributed by atoms with E-state index >= 15 is 0 Å². The van der Waals surface area contributed by atoms with Crippen LogP contribution in [0.4, 0.5) is 0 Å². The fraction of sp³-hybridized carbons (Fsp3) is 0.636. The SMILES string of the molecule is C=C(CC)CC(O)c1snnc1CCC. The molecule has 1 N–H and O–H groups in total. The Balaban J connectivity index is 2.68. The zero-order valence-electron chi connectivity index (χ0n) is 9.36. The van der Waals surface area contributed by atoms with Crippen molar-refractivity contribution in [3.63, 3.8) is 0 Å². The van der Waals surface area contributed by atoms with Crippen LogP contribution in [0, 0.1) is 0 Å². The fourth-order valence-electron chi connectivity index (χ4n) is 1.39. The summed E-state index contributed by atoms with van der Waals surface area (Å²) < 4.78 is 3.90. The van der Waals surface area contributed by atoms with Crippen LogP contribution in [0.1, 0.15) is 49.8 Å². The molecule has 15 heavy (non-hydrogen) atoms. The average molecular weight is 226 g/mol. The molecule has 0 aliphatic heterocycles. The molecule has 0 aliphatic carbocycles. The smallest absolute Gasteiger partial charge is 0.0953 e. The van der Waals surface area contributed by atoms with Gasteiger partial charge in [-0.2, -0.15) is 0 Å². The number of hydrogen-bond acceptors (Lipinski definition) is 4. The number of rotatable bonds is 6. The Kier molecular flexibility index (Phi) is 4.91. The quantitative estimate of drug-likeness (QED) is 0.759. The van der Waals surface area contributed by atoms with Crippen LogP contribution in [-0.2, 0) is 6.42 Å². The number of aromatic nitrogens is 2. The van der Waals surface area contributed by atoms with Crippen molar-refractivity contribution in [1.29, 1.82) is 0 Å². The second-order valence-corrected chi connectivity index (χ2v) is 4.44. The van der Waals surface area contributed by atoms with Crippen LogP contribution in [0.15, 0.2) is 12.2 Å². The van der Waals surface area contributed by atoms with Crippen molar-refractivity contribution < 1.29 is 5.11 Å². The molecule has 1 aromatic rings. The van der Waals surface area contributed by atoms with Crippen molar-refractivity contribution in [2.45, 2.75) is 45.6 Å². The van der Waals surface area contributed by atoms with Gasteiger partial charge in [0.2, 0.25) is 0 Å². The Hall–Kier alpha value is -0.740. The van der Waals surface area contributed by atoms with Gasteiger partial charge < -0.3 is 5.11 Å².